The van der Waals surface area contributed by atoms with Crippen molar-refractivity contribution in [2.45, 2.75) is 6.61 Å². The topological polar surface area (TPSA) is 22.1 Å². The Balaban J connectivity index is 1.90. The summed E-state index contributed by atoms with van der Waals surface area (Å²) in [5, 5.41) is 3.51. The normalized spacial score (nSPS) is 10.8. The average molecular weight is 339 g/mol. The summed E-state index contributed by atoms with van der Waals surface area (Å²) in [7, 11) is 0. The highest BCUT2D eigenvalue weighted by Crippen LogP contribution is 2.32. The van der Waals surface area contributed by atoms with Crippen molar-refractivity contribution >= 4 is 45.6 Å². The Kier molecular flexibility index (Phi) is 4.20. The molecule has 0 atom stereocenters. The zero-order valence-corrected chi connectivity index (χ0v) is 13.1. The largest absolute Gasteiger partial charge is 0.488 e. The maximum atomic E-state index is 6.19. The second-order valence-corrected chi connectivity index (χ2v) is 5.68. The lowest BCUT2D eigenvalue weighted by Gasteiger charge is -2.11. The van der Waals surface area contributed by atoms with Crippen molar-refractivity contribution in [1.29, 1.82) is 0 Å². The molecule has 0 aliphatic rings. The molecule has 0 aliphatic heterocycles. The predicted octanol–water partition coefficient (Wildman–Crippen LogP) is 5.77. The summed E-state index contributed by atoms with van der Waals surface area (Å²) in [6, 6.07) is 13.1. The summed E-state index contributed by atoms with van der Waals surface area (Å²) in [6.07, 6.45) is 1.61. The summed E-state index contributed by atoms with van der Waals surface area (Å²) in [6.45, 7) is 0.314. The molecule has 0 amide bonds. The van der Waals surface area contributed by atoms with Crippen LogP contribution in [0, 0.1) is 0 Å². The third kappa shape index (κ3) is 3.08. The lowest BCUT2D eigenvalue weighted by Crippen LogP contribution is -1.98. The molecule has 1 aromatic heterocycles. The van der Waals surface area contributed by atoms with Crippen molar-refractivity contribution in [3.8, 4) is 5.75 Å². The van der Waals surface area contributed by atoms with Gasteiger partial charge in [-0.15, -0.1) is 0 Å². The van der Waals surface area contributed by atoms with Gasteiger partial charge >= 0.3 is 0 Å². The van der Waals surface area contributed by atoms with E-state index in [4.69, 9.17) is 39.5 Å². The van der Waals surface area contributed by atoms with Crippen LogP contribution in [0.3, 0.4) is 0 Å². The molecule has 2 aromatic carbocycles. The van der Waals surface area contributed by atoms with E-state index >= 15 is 0 Å². The molecule has 0 saturated heterocycles. The van der Waals surface area contributed by atoms with E-state index in [0.29, 0.717) is 21.8 Å². The quantitative estimate of drug-likeness (QED) is 0.565. The van der Waals surface area contributed by atoms with Crippen molar-refractivity contribution in [2.75, 3.05) is 0 Å². The SMILES string of the molecule is Clc1cc(Cl)c(COc2ccc(Cl)c3ccccc23)cn1. The molecule has 2 nitrogen and oxygen atoms in total. The molecule has 0 unspecified atom stereocenters. The number of nitrogens with zero attached hydrogens (tertiary/aromatic N) is 1. The van der Waals surface area contributed by atoms with E-state index in [9.17, 15) is 0 Å². The minimum absolute atomic E-state index is 0.314. The number of hydrogen-bond acceptors (Lipinski definition) is 2. The van der Waals surface area contributed by atoms with Gasteiger partial charge in [0.2, 0.25) is 0 Å². The minimum atomic E-state index is 0.314. The number of pyridine rings is 1. The number of aromatic nitrogens is 1. The molecule has 0 fully saturated rings. The van der Waals surface area contributed by atoms with Gasteiger partial charge in [0.05, 0.1) is 5.02 Å². The van der Waals surface area contributed by atoms with Gasteiger partial charge in [-0.3, -0.25) is 0 Å². The molecule has 0 radical (unpaired) electrons. The highest BCUT2D eigenvalue weighted by Gasteiger charge is 2.07. The van der Waals surface area contributed by atoms with E-state index in [0.717, 1.165) is 22.1 Å². The zero-order chi connectivity index (χ0) is 14.8. The Morgan fingerprint density at radius 2 is 1.67 bits per heavy atom. The van der Waals surface area contributed by atoms with Crippen LogP contribution in [-0.4, -0.2) is 4.98 Å². The van der Waals surface area contributed by atoms with Crippen LogP contribution in [0.25, 0.3) is 10.8 Å². The standard InChI is InChI=1S/C16H10Cl3NO/c17-13-5-6-15(12-4-2-1-3-11(12)13)21-9-10-8-20-16(19)7-14(10)18/h1-8H,9H2. The first-order chi connectivity index (χ1) is 10.1. The highest BCUT2D eigenvalue weighted by atomic mass is 35.5. The first-order valence-corrected chi connectivity index (χ1v) is 7.38. The maximum Gasteiger partial charge on any atom is 0.130 e. The molecule has 0 N–H and O–H groups in total. The molecule has 21 heavy (non-hydrogen) atoms. The number of halogens is 3. The van der Waals surface area contributed by atoms with Gasteiger partial charge in [-0.1, -0.05) is 59.1 Å². The van der Waals surface area contributed by atoms with Gasteiger partial charge < -0.3 is 4.74 Å². The van der Waals surface area contributed by atoms with Gasteiger partial charge in [0.15, 0.2) is 0 Å². The molecule has 0 aliphatic carbocycles. The second-order valence-electron chi connectivity index (χ2n) is 4.48. The van der Waals surface area contributed by atoms with Crippen LogP contribution in [0.4, 0.5) is 0 Å². The Morgan fingerprint density at radius 1 is 0.905 bits per heavy atom. The first-order valence-electron chi connectivity index (χ1n) is 6.25. The van der Waals surface area contributed by atoms with Crippen LogP contribution >= 0.6 is 34.8 Å². The Bertz CT molecular complexity index is 805. The van der Waals surface area contributed by atoms with E-state index in [-0.39, 0.29) is 0 Å². The molecule has 5 heteroatoms. The van der Waals surface area contributed by atoms with Crippen molar-refractivity contribution in [3.05, 3.63) is 69.4 Å². The van der Waals surface area contributed by atoms with Crippen LogP contribution in [0.15, 0.2) is 48.7 Å². The van der Waals surface area contributed by atoms with E-state index < -0.39 is 0 Å². The number of benzene rings is 2. The number of ether oxygens (including phenoxy) is 1. The monoisotopic (exact) mass is 337 g/mol. The molecule has 106 valence electrons. The molecule has 0 bridgehead atoms. The molecule has 3 rings (SSSR count). The number of fused-ring (bicyclic) bond motifs is 1. The van der Waals surface area contributed by atoms with E-state index in [1.54, 1.807) is 12.3 Å². The second kappa shape index (κ2) is 6.10. The van der Waals surface area contributed by atoms with Crippen LogP contribution < -0.4 is 4.74 Å². The van der Waals surface area contributed by atoms with Crippen LogP contribution in [0.2, 0.25) is 15.2 Å². The summed E-state index contributed by atoms with van der Waals surface area (Å²) in [5.74, 6) is 0.751. The fraction of sp³-hybridized carbons (Fsp3) is 0.0625. The third-order valence-corrected chi connectivity index (χ3v) is 4.00. The smallest absolute Gasteiger partial charge is 0.130 e. The fourth-order valence-corrected chi connectivity index (χ4v) is 2.71. The van der Waals surface area contributed by atoms with Crippen molar-refractivity contribution in [1.82, 2.24) is 4.98 Å². The number of hydrogen-bond donors (Lipinski definition) is 0. The van der Waals surface area contributed by atoms with E-state index in [1.807, 2.05) is 36.4 Å². The van der Waals surface area contributed by atoms with Crippen LogP contribution in [-0.2, 0) is 6.61 Å². The zero-order valence-electron chi connectivity index (χ0n) is 10.8. The molecular formula is C16H10Cl3NO. The summed E-state index contributed by atoms with van der Waals surface area (Å²) in [4.78, 5) is 4.01. The summed E-state index contributed by atoms with van der Waals surface area (Å²) < 4.78 is 5.85. The van der Waals surface area contributed by atoms with Gasteiger partial charge in [-0.2, -0.15) is 0 Å². The Morgan fingerprint density at radius 3 is 2.43 bits per heavy atom. The van der Waals surface area contributed by atoms with Crippen molar-refractivity contribution < 1.29 is 4.74 Å². The molecular weight excluding hydrogens is 329 g/mol. The van der Waals surface area contributed by atoms with Gasteiger partial charge in [0.25, 0.3) is 0 Å². The van der Waals surface area contributed by atoms with Crippen molar-refractivity contribution in [2.24, 2.45) is 0 Å². The molecule has 3 aromatic rings. The average Bonchev–Trinajstić information content (AvgIpc) is 2.48. The maximum absolute atomic E-state index is 6.19. The molecule has 0 saturated carbocycles. The van der Waals surface area contributed by atoms with E-state index in [1.165, 1.54) is 0 Å². The Hall–Kier alpha value is -1.48. The first kappa shape index (κ1) is 14.5. The van der Waals surface area contributed by atoms with Gasteiger partial charge in [0, 0.05) is 27.6 Å². The van der Waals surface area contributed by atoms with Crippen LogP contribution in [0.5, 0.6) is 5.75 Å². The lowest BCUT2D eigenvalue weighted by molar-refractivity contribution is 0.309. The van der Waals surface area contributed by atoms with Crippen LogP contribution in [0.1, 0.15) is 5.56 Å². The minimum Gasteiger partial charge on any atom is -0.488 e. The predicted molar refractivity (Wildman–Crippen MR) is 87.5 cm³/mol. The van der Waals surface area contributed by atoms with Gasteiger partial charge in [-0.05, 0) is 18.2 Å². The molecule has 1 heterocycles. The third-order valence-electron chi connectivity index (χ3n) is 3.11. The Labute approximate surface area is 137 Å². The van der Waals surface area contributed by atoms with E-state index in [2.05, 4.69) is 4.98 Å². The van der Waals surface area contributed by atoms with Gasteiger partial charge in [-0.25, -0.2) is 4.98 Å². The molecule has 0 spiro atoms. The number of rotatable bonds is 3. The van der Waals surface area contributed by atoms with Crippen molar-refractivity contribution in [3.63, 3.8) is 0 Å². The summed E-state index contributed by atoms with van der Waals surface area (Å²) >= 11 is 18.1. The lowest BCUT2D eigenvalue weighted by atomic mass is 10.1. The fourth-order valence-electron chi connectivity index (χ4n) is 2.06. The summed E-state index contributed by atoms with van der Waals surface area (Å²) in [5.41, 5.74) is 0.778. The van der Waals surface area contributed by atoms with Gasteiger partial charge in [0.1, 0.15) is 17.5 Å². The highest BCUT2D eigenvalue weighted by molar-refractivity contribution is 6.35.